The van der Waals surface area contributed by atoms with Crippen LogP contribution in [0.2, 0.25) is 25.1 Å². The molecule has 0 bridgehead atoms. The highest BCUT2D eigenvalue weighted by molar-refractivity contribution is 6.34. The number of aromatic nitrogens is 17. The number of carbonyl (C=O) groups is 5. The summed E-state index contributed by atoms with van der Waals surface area (Å²) in [5.74, 6) is -3.23. The number of amides is 5. The van der Waals surface area contributed by atoms with Crippen LogP contribution in [0.5, 0.6) is 0 Å². The average molecular weight is 1730 g/mol. The zero-order valence-electron chi connectivity index (χ0n) is 61.1. The Morgan fingerprint density at radius 2 is 0.870 bits per heavy atom. The summed E-state index contributed by atoms with van der Waals surface area (Å²) in [4.78, 5) is 127. The van der Waals surface area contributed by atoms with Gasteiger partial charge in [0.2, 0.25) is 29.6 Å². The van der Waals surface area contributed by atoms with Crippen LogP contribution in [0.3, 0.4) is 0 Å². The molecule has 0 radical (unpaired) electrons. The molecule has 5 amide bonds. The number of hydrogen-bond acceptors (Lipinski definition) is 22. The van der Waals surface area contributed by atoms with Gasteiger partial charge in [-0.05, 0) is 71.7 Å². The maximum atomic E-state index is 13.6. The molecule has 0 aromatic carbocycles. The van der Waals surface area contributed by atoms with Crippen LogP contribution >= 0.6 is 58.0 Å². The van der Waals surface area contributed by atoms with Crippen molar-refractivity contribution in [3.05, 3.63) is 135 Å². The fourth-order valence-electron chi connectivity index (χ4n) is 10.3. The fraction of sp³-hybridized carbons (Fsp3) is 0.304. The van der Waals surface area contributed by atoms with Crippen molar-refractivity contribution in [2.75, 3.05) is 54.1 Å². The Labute approximate surface area is 685 Å². The highest BCUT2D eigenvalue weighted by Crippen LogP contribution is 2.35. The van der Waals surface area contributed by atoms with Crippen LogP contribution in [0.25, 0.3) is 89.7 Å². The van der Waals surface area contributed by atoms with Crippen LogP contribution < -0.4 is 48.3 Å². The SMILES string of the molecule is CC(C)(Nc1nc(-c2c[nH]c3ncc(Cl)cc23)ncc1Cl)C(=O)NCC(F)F.CC(C)(Nc1nc(-c2c[nH]c3ncc(Cl)cc23)ncc1Cl)C(=O)NCCF.CC(C)(Nc1nc(-c2c[nH]c3ncc(F)cc23)ncc1C(N)=O)C(=O)NCC(F)(F)F.CC(C)[C@@H](Nc1ncnc(-c2c[nH]c3ncc(Cl)cc23)n1)C(=O)NCC(F)(F)F.[HH].[HH].[HH].[HH].[HH].[HH].[HH].[HH].[HH].[HH].[HH]. The lowest BCUT2D eigenvalue weighted by Crippen LogP contribution is -2.50. The van der Waals surface area contributed by atoms with E-state index >= 15 is 0 Å². The standard InChI is InChI=1S/C18H17F4N7O2.C17H16Cl2F2N6O.C17H17Cl2FN6O.C17H17ClF3N7O.11H2/c1-17(2,16(31)27-7-18(20,21)22)29-15-11(12(23)30)6-26-14(28-15)10-5-25-13-9(10)3-8(19)4-24-13;1-17(2,16(28)25-7-12(20)21)27-15-11(19)6-24-14(26-15)10-5-23-13-9(10)3-8(18)4-22-13;1-17(2,16(27)21-4-3-20)26-15-12(19)8-24-14(25-15)11-7-23-13-10(11)5-9(18)6-22-13;1-8(2)12(15(29)24-6-17(19,20)21)27-16-26-7-25-14(28-16)11-5-23-13-10(11)3-9(18)4-22-13;;;;;;;;;;;/h3-6H,7H2,1-2H3,(H2,23,30)(H,24,25)(H,27,31)(H,26,28,29);3-6,12H,7H2,1-2H3,(H,22,23)(H,25,28)(H,24,26,27);5-8H,3-4H2,1-2H3,(H,21,27)(H,22,23)(H,24,25,26);3-5,7-8,12H,6H2,1-2H3,(H,22,23)(H,24,29)(H,25,26,27,28);11*1H/t;;;12-;;;;;;;;;;;/m...1.........../s1. The molecule has 31 nitrogen and oxygen atoms in total. The number of halogens is 15. The molecule has 0 saturated carbocycles. The molecule has 0 spiro atoms. The van der Waals surface area contributed by atoms with E-state index in [2.05, 4.69) is 117 Å². The van der Waals surface area contributed by atoms with Crippen molar-refractivity contribution in [2.24, 2.45) is 11.7 Å². The zero-order chi connectivity index (χ0) is 84.2. The number of primary amides is 1. The fourth-order valence-corrected chi connectivity index (χ4v) is 11.1. The van der Waals surface area contributed by atoms with Gasteiger partial charge in [0.25, 0.3) is 12.3 Å². The van der Waals surface area contributed by atoms with Crippen LogP contribution in [-0.2, 0) is 19.2 Å². The highest BCUT2D eigenvalue weighted by atomic mass is 35.5. The number of aromatic amines is 4. The van der Waals surface area contributed by atoms with Gasteiger partial charge in [0.15, 0.2) is 23.3 Å². The van der Waals surface area contributed by atoms with E-state index in [1.165, 1.54) is 71.1 Å². The Kier molecular flexibility index (Phi) is 27.8. The molecule has 0 unspecified atom stereocenters. The average Bonchev–Trinajstić information content (AvgIpc) is 1.58. The molecule has 1 atom stereocenters. The quantitative estimate of drug-likeness (QED) is 0.0250. The van der Waals surface area contributed by atoms with E-state index in [0.29, 0.717) is 82.3 Å². The minimum Gasteiger partial charge on any atom is -0.365 e. The van der Waals surface area contributed by atoms with E-state index in [0.717, 1.165) is 23.2 Å². The number of rotatable bonds is 24. The summed E-state index contributed by atoms with van der Waals surface area (Å²) in [6.45, 7) is 7.96. The Hall–Kier alpha value is -11.7. The van der Waals surface area contributed by atoms with Crippen molar-refractivity contribution in [2.45, 2.75) is 96.8 Å². The Bertz CT molecular complexity index is 5590. The molecule has 12 rings (SSSR count). The molecule has 0 saturated heterocycles. The molecule has 0 aliphatic heterocycles. The first-order chi connectivity index (χ1) is 54.0. The Balaban J connectivity index is -0.00000156. The summed E-state index contributed by atoms with van der Waals surface area (Å²) < 4.78 is 125. The van der Waals surface area contributed by atoms with Gasteiger partial charge in [0, 0.05) is 116 Å². The Morgan fingerprint density at radius 3 is 1.29 bits per heavy atom. The van der Waals surface area contributed by atoms with E-state index in [9.17, 15) is 67.9 Å². The molecule has 12 heterocycles. The lowest BCUT2D eigenvalue weighted by molar-refractivity contribution is -0.140. The van der Waals surface area contributed by atoms with Gasteiger partial charge in [-0.3, -0.25) is 24.0 Å². The number of alkyl halides is 9. The van der Waals surface area contributed by atoms with Crippen molar-refractivity contribution >= 4 is 155 Å². The highest BCUT2D eigenvalue weighted by Gasteiger charge is 2.36. The van der Waals surface area contributed by atoms with Crippen molar-refractivity contribution in [3.63, 3.8) is 0 Å². The zero-order valence-corrected chi connectivity index (χ0v) is 64.9. The van der Waals surface area contributed by atoms with Crippen molar-refractivity contribution in [1.82, 2.24) is 106 Å². The molecule has 115 heavy (non-hydrogen) atoms. The van der Waals surface area contributed by atoms with Crippen LogP contribution in [0.15, 0.2) is 98.8 Å². The maximum Gasteiger partial charge on any atom is 0.405 e. The van der Waals surface area contributed by atoms with Crippen LogP contribution in [0, 0.1) is 11.7 Å². The topological polar surface area (TPSA) is 438 Å². The van der Waals surface area contributed by atoms with E-state index < -0.39 is 97.2 Å². The molecular formula is C69H89Cl5F10N26O5. The number of carbonyl (C=O) groups excluding carboxylic acids is 5. The minimum absolute atomic E-state index is 0. The molecule has 14 N–H and O–H groups in total. The van der Waals surface area contributed by atoms with E-state index in [4.69, 9.17) is 63.7 Å². The third kappa shape index (κ3) is 23.1. The normalized spacial score (nSPS) is 12.1. The number of nitrogens with one attached hydrogen (secondary N) is 12. The number of H-pyrrole nitrogens is 4. The third-order valence-electron chi connectivity index (χ3n) is 16.0. The number of nitrogens with two attached hydrogens (primary N) is 1. The molecule has 0 fully saturated rings. The number of hydrogen-bond donors (Lipinski definition) is 13. The second kappa shape index (κ2) is 36.6. The largest absolute Gasteiger partial charge is 0.405 e. The van der Waals surface area contributed by atoms with Gasteiger partial charge >= 0.3 is 12.4 Å². The number of anilines is 4. The van der Waals surface area contributed by atoms with Gasteiger partial charge in [-0.15, -0.1) is 0 Å². The molecule has 630 valence electrons. The number of nitrogens with zero attached hydrogens (tertiary/aromatic N) is 13. The van der Waals surface area contributed by atoms with Gasteiger partial charge < -0.3 is 68.2 Å². The smallest absolute Gasteiger partial charge is 0.365 e. The first-order valence-electron chi connectivity index (χ1n) is 33.6. The summed E-state index contributed by atoms with van der Waals surface area (Å²) in [7, 11) is 0. The summed E-state index contributed by atoms with van der Waals surface area (Å²) in [5, 5.41) is 23.9. The van der Waals surface area contributed by atoms with Crippen molar-refractivity contribution in [1.29, 1.82) is 0 Å². The second-order valence-corrected chi connectivity index (χ2v) is 28.7. The molecule has 12 aromatic heterocycles. The van der Waals surface area contributed by atoms with E-state index in [1.54, 1.807) is 76.0 Å². The van der Waals surface area contributed by atoms with Crippen LogP contribution in [0.1, 0.15) is 81.4 Å². The van der Waals surface area contributed by atoms with Gasteiger partial charge in [-0.25, -0.2) is 77.4 Å². The van der Waals surface area contributed by atoms with Gasteiger partial charge in [-0.1, -0.05) is 71.9 Å². The Morgan fingerprint density at radius 1 is 0.487 bits per heavy atom. The van der Waals surface area contributed by atoms with Crippen molar-refractivity contribution in [3.8, 4) is 45.6 Å². The molecule has 0 aliphatic rings. The predicted molar refractivity (Wildman–Crippen MR) is 435 cm³/mol. The molecular weight excluding hydrogens is 1640 g/mol. The molecule has 46 heteroatoms. The first-order valence-corrected chi connectivity index (χ1v) is 35.5. The molecule has 12 aromatic rings. The van der Waals surface area contributed by atoms with Crippen LogP contribution in [0.4, 0.5) is 67.3 Å². The lowest BCUT2D eigenvalue weighted by atomic mass is 10.0. The first kappa shape index (κ1) is 87.3. The van der Waals surface area contributed by atoms with Gasteiger partial charge in [0.1, 0.15) is 105 Å². The van der Waals surface area contributed by atoms with Crippen molar-refractivity contribution < 1.29 is 83.6 Å². The van der Waals surface area contributed by atoms with E-state index in [1.807, 2.05) is 5.32 Å². The second-order valence-electron chi connectivity index (χ2n) is 26.5. The molecule has 0 aliphatic carbocycles. The lowest BCUT2D eigenvalue weighted by Gasteiger charge is -2.27. The third-order valence-corrected chi connectivity index (χ3v) is 17.2. The minimum atomic E-state index is -4.59. The summed E-state index contributed by atoms with van der Waals surface area (Å²) in [6.07, 6.45) is 5.55. The summed E-state index contributed by atoms with van der Waals surface area (Å²) in [5.41, 5.74) is 5.74. The van der Waals surface area contributed by atoms with Gasteiger partial charge in [-0.2, -0.15) is 31.3 Å². The number of pyridine rings is 4. The predicted octanol–water partition coefficient (Wildman–Crippen LogP) is 15.5. The number of fused-ring (bicyclic) bond motifs is 4. The summed E-state index contributed by atoms with van der Waals surface area (Å²) in [6, 6.07) is 5.43. The summed E-state index contributed by atoms with van der Waals surface area (Å²) >= 11 is 30.4. The van der Waals surface area contributed by atoms with Crippen LogP contribution in [-0.4, -0.2) is 189 Å². The monoisotopic (exact) mass is 1730 g/mol. The van der Waals surface area contributed by atoms with E-state index in [-0.39, 0.29) is 84.7 Å². The maximum absolute atomic E-state index is 13.6. The van der Waals surface area contributed by atoms with Gasteiger partial charge in [0.05, 0.1) is 45.8 Å².